The van der Waals surface area contributed by atoms with Gasteiger partial charge < -0.3 is 10.2 Å². The molecule has 1 fully saturated rings. The van der Waals surface area contributed by atoms with Crippen molar-refractivity contribution in [1.82, 2.24) is 15.2 Å². The van der Waals surface area contributed by atoms with Gasteiger partial charge in [0.25, 0.3) is 5.91 Å². The molecule has 0 atom stereocenters. The Morgan fingerprint density at radius 2 is 1.59 bits per heavy atom. The van der Waals surface area contributed by atoms with E-state index < -0.39 is 0 Å². The van der Waals surface area contributed by atoms with Crippen LogP contribution in [-0.4, -0.2) is 42.0 Å². The third kappa shape index (κ3) is 5.21. The van der Waals surface area contributed by atoms with Crippen molar-refractivity contribution in [2.24, 2.45) is 0 Å². The molecule has 2 heterocycles. The average Bonchev–Trinajstić information content (AvgIpc) is 2.80. The summed E-state index contributed by atoms with van der Waals surface area (Å²) in [6.07, 6.45) is 1.73. The lowest BCUT2D eigenvalue weighted by atomic mass is 10.1. The fourth-order valence-electron chi connectivity index (χ4n) is 3.60. The second-order valence-electron chi connectivity index (χ2n) is 7.30. The molecular weight excluding hydrogens is 360 g/mol. The Labute approximate surface area is 172 Å². The highest BCUT2D eigenvalue weighted by Gasteiger charge is 2.17. The molecule has 5 nitrogen and oxygen atoms in total. The molecule has 1 aliphatic rings. The van der Waals surface area contributed by atoms with Gasteiger partial charge in [-0.2, -0.15) is 0 Å². The molecule has 2 aromatic carbocycles. The van der Waals surface area contributed by atoms with Gasteiger partial charge in [0.05, 0.1) is 12.2 Å². The second-order valence-corrected chi connectivity index (χ2v) is 7.30. The van der Waals surface area contributed by atoms with Crippen molar-refractivity contribution >= 4 is 11.6 Å². The minimum atomic E-state index is -0.0707. The molecule has 1 aromatic heterocycles. The topological polar surface area (TPSA) is 48.5 Å². The molecular formula is C24H26N4O. The molecule has 1 saturated heterocycles. The molecule has 3 aromatic rings. The van der Waals surface area contributed by atoms with Crippen LogP contribution in [0.15, 0.2) is 79.0 Å². The Bertz CT molecular complexity index is 905. The van der Waals surface area contributed by atoms with Crippen molar-refractivity contribution < 1.29 is 4.79 Å². The van der Waals surface area contributed by atoms with Crippen molar-refractivity contribution in [1.29, 1.82) is 0 Å². The van der Waals surface area contributed by atoms with Gasteiger partial charge in [0.15, 0.2) is 0 Å². The van der Waals surface area contributed by atoms with Crippen LogP contribution in [0.25, 0.3) is 0 Å². The fourth-order valence-corrected chi connectivity index (χ4v) is 3.60. The minimum absolute atomic E-state index is 0.0707. The van der Waals surface area contributed by atoms with Gasteiger partial charge in [-0.25, -0.2) is 0 Å². The van der Waals surface area contributed by atoms with Gasteiger partial charge in [0, 0.05) is 50.2 Å². The SMILES string of the molecule is O=C(NCc1ccccn1)c1ccc(CN2CCN(c3ccccc3)CC2)cc1. The van der Waals surface area contributed by atoms with Crippen molar-refractivity contribution in [3.8, 4) is 0 Å². The van der Waals surface area contributed by atoms with Crippen molar-refractivity contribution in [2.75, 3.05) is 31.1 Å². The van der Waals surface area contributed by atoms with Gasteiger partial charge in [-0.05, 0) is 42.0 Å². The normalized spacial score (nSPS) is 14.6. The zero-order valence-corrected chi connectivity index (χ0v) is 16.5. The Hall–Kier alpha value is -3.18. The number of nitrogens with zero attached hydrogens (tertiary/aromatic N) is 3. The number of pyridine rings is 1. The summed E-state index contributed by atoms with van der Waals surface area (Å²) in [5, 5.41) is 2.92. The summed E-state index contributed by atoms with van der Waals surface area (Å²) in [5.74, 6) is -0.0707. The summed E-state index contributed by atoms with van der Waals surface area (Å²) in [5.41, 5.74) is 4.07. The molecule has 1 aliphatic heterocycles. The number of hydrogen-bond donors (Lipinski definition) is 1. The molecule has 1 amide bonds. The van der Waals surface area contributed by atoms with Crippen molar-refractivity contribution in [3.63, 3.8) is 0 Å². The number of rotatable bonds is 6. The number of benzene rings is 2. The van der Waals surface area contributed by atoms with E-state index in [2.05, 4.69) is 62.6 Å². The van der Waals surface area contributed by atoms with E-state index in [0.29, 0.717) is 12.1 Å². The third-order valence-electron chi connectivity index (χ3n) is 5.27. The first-order chi connectivity index (χ1) is 14.3. The van der Waals surface area contributed by atoms with Crippen molar-refractivity contribution in [3.05, 3.63) is 95.8 Å². The number of amides is 1. The number of aromatic nitrogens is 1. The van der Waals surface area contributed by atoms with Gasteiger partial charge in [-0.3, -0.25) is 14.7 Å². The molecule has 4 rings (SSSR count). The molecule has 0 bridgehead atoms. The molecule has 1 N–H and O–H groups in total. The van der Waals surface area contributed by atoms with Gasteiger partial charge in [0.1, 0.15) is 0 Å². The van der Waals surface area contributed by atoms with Crippen LogP contribution in [0.5, 0.6) is 0 Å². The number of piperazine rings is 1. The quantitative estimate of drug-likeness (QED) is 0.706. The standard InChI is InChI=1S/C24H26N4O/c29-24(26-18-22-6-4-5-13-25-22)21-11-9-20(10-12-21)19-27-14-16-28(17-15-27)23-7-2-1-3-8-23/h1-13H,14-19H2,(H,26,29). The summed E-state index contributed by atoms with van der Waals surface area (Å²) in [7, 11) is 0. The van der Waals surface area contributed by atoms with Crippen LogP contribution in [0.4, 0.5) is 5.69 Å². The van der Waals surface area contributed by atoms with Gasteiger partial charge >= 0.3 is 0 Å². The van der Waals surface area contributed by atoms with Gasteiger partial charge in [0.2, 0.25) is 0 Å². The van der Waals surface area contributed by atoms with Crippen LogP contribution in [0.1, 0.15) is 21.6 Å². The Kier molecular flexibility index (Phi) is 6.17. The van der Waals surface area contributed by atoms with E-state index in [1.807, 2.05) is 30.3 Å². The number of para-hydroxylation sites is 1. The average molecular weight is 386 g/mol. The number of anilines is 1. The first kappa shape index (κ1) is 19.2. The summed E-state index contributed by atoms with van der Waals surface area (Å²) in [6, 6.07) is 24.2. The fraction of sp³-hybridized carbons (Fsp3) is 0.250. The van der Waals surface area contributed by atoms with Crippen LogP contribution in [-0.2, 0) is 13.1 Å². The second kappa shape index (κ2) is 9.34. The summed E-state index contributed by atoms with van der Waals surface area (Å²) in [4.78, 5) is 21.5. The van der Waals surface area contributed by atoms with Crippen LogP contribution < -0.4 is 10.2 Å². The number of hydrogen-bond acceptors (Lipinski definition) is 4. The summed E-state index contributed by atoms with van der Waals surface area (Å²) >= 11 is 0. The molecule has 0 radical (unpaired) electrons. The molecule has 0 spiro atoms. The van der Waals surface area contributed by atoms with Crippen LogP contribution in [0.2, 0.25) is 0 Å². The molecule has 0 aliphatic carbocycles. The zero-order valence-electron chi connectivity index (χ0n) is 16.5. The van der Waals surface area contributed by atoms with E-state index in [9.17, 15) is 4.79 Å². The summed E-state index contributed by atoms with van der Waals surface area (Å²) < 4.78 is 0. The summed E-state index contributed by atoms with van der Waals surface area (Å²) in [6.45, 7) is 5.52. The maximum atomic E-state index is 12.3. The number of carbonyl (C=O) groups is 1. The predicted molar refractivity (Wildman–Crippen MR) is 116 cm³/mol. The monoisotopic (exact) mass is 386 g/mol. The highest BCUT2D eigenvalue weighted by Crippen LogP contribution is 2.17. The number of carbonyl (C=O) groups excluding carboxylic acids is 1. The molecule has 5 heteroatoms. The van der Waals surface area contributed by atoms with Crippen LogP contribution in [0.3, 0.4) is 0 Å². The lowest BCUT2D eigenvalue weighted by Crippen LogP contribution is -2.45. The van der Waals surface area contributed by atoms with E-state index in [4.69, 9.17) is 0 Å². The van der Waals surface area contributed by atoms with E-state index in [1.54, 1.807) is 6.20 Å². The smallest absolute Gasteiger partial charge is 0.251 e. The minimum Gasteiger partial charge on any atom is -0.369 e. The first-order valence-electron chi connectivity index (χ1n) is 10.1. The maximum Gasteiger partial charge on any atom is 0.251 e. The maximum absolute atomic E-state index is 12.3. The van der Waals surface area contributed by atoms with Gasteiger partial charge in [-0.1, -0.05) is 36.4 Å². The van der Waals surface area contributed by atoms with Gasteiger partial charge in [-0.15, -0.1) is 0 Å². The highest BCUT2D eigenvalue weighted by atomic mass is 16.1. The van der Waals surface area contributed by atoms with Crippen LogP contribution in [0, 0.1) is 0 Å². The molecule has 0 saturated carbocycles. The molecule has 148 valence electrons. The Morgan fingerprint density at radius 1 is 0.862 bits per heavy atom. The van der Waals surface area contributed by atoms with E-state index in [-0.39, 0.29) is 5.91 Å². The Morgan fingerprint density at radius 3 is 2.28 bits per heavy atom. The molecule has 29 heavy (non-hydrogen) atoms. The van der Waals surface area contributed by atoms with E-state index in [0.717, 1.165) is 38.4 Å². The van der Waals surface area contributed by atoms with E-state index >= 15 is 0 Å². The zero-order chi connectivity index (χ0) is 19.9. The lowest BCUT2D eigenvalue weighted by Gasteiger charge is -2.36. The third-order valence-corrected chi connectivity index (χ3v) is 5.27. The predicted octanol–water partition coefficient (Wildman–Crippen LogP) is 3.33. The highest BCUT2D eigenvalue weighted by molar-refractivity contribution is 5.94. The number of nitrogens with one attached hydrogen (secondary N) is 1. The largest absolute Gasteiger partial charge is 0.369 e. The first-order valence-corrected chi connectivity index (χ1v) is 10.1. The Balaban J connectivity index is 1.26. The molecule has 0 unspecified atom stereocenters. The van der Waals surface area contributed by atoms with Crippen LogP contribution >= 0.6 is 0 Å². The van der Waals surface area contributed by atoms with Crippen molar-refractivity contribution in [2.45, 2.75) is 13.1 Å². The lowest BCUT2D eigenvalue weighted by molar-refractivity contribution is 0.0950. The van der Waals surface area contributed by atoms with E-state index in [1.165, 1.54) is 11.3 Å².